The number of hydrogen-bond acceptors (Lipinski definition) is 2. The van der Waals surface area contributed by atoms with E-state index >= 15 is 0 Å². The first kappa shape index (κ1) is 13.7. The highest BCUT2D eigenvalue weighted by molar-refractivity contribution is 4.60. The molecular formula is C9H18F3NO. The van der Waals surface area contributed by atoms with E-state index in [1.807, 2.05) is 19.0 Å². The Labute approximate surface area is 82.7 Å². The molecule has 0 heterocycles. The minimum absolute atomic E-state index is 0.0120. The van der Waals surface area contributed by atoms with E-state index in [0.29, 0.717) is 13.0 Å². The van der Waals surface area contributed by atoms with Crippen LogP contribution in [0.5, 0.6) is 0 Å². The van der Waals surface area contributed by atoms with Crippen molar-refractivity contribution in [1.29, 1.82) is 0 Å². The number of hydrogen-bond donors (Lipinski definition) is 1. The summed E-state index contributed by atoms with van der Waals surface area (Å²) in [6.45, 7) is 0.702. The molecule has 0 rings (SSSR count). The van der Waals surface area contributed by atoms with E-state index in [1.54, 1.807) is 0 Å². The first-order chi connectivity index (χ1) is 6.31. The van der Waals surface area contributed by atoms with Gasteiger partial charge in [-0.3, -0.25) is 0 Å². The van der Waals surface area contributed by atoms with Crippen LogP contribution in [0.4, 0.5) is 13.2 Å². The lowest BCUT2D eigenvalue weighted by atomic mass is 10.1. The van der Waals surface area contributed by atoms with Crippen LogP contribution in [0.25, 0.3) is 0 Å². The molecule has 0 saturated carbocycles. The molecule has 0 amide bonds. The van der Waals surface area contributed by atoms with Gasteiger partial charge in [-0.05, 0) is 39.9 Å². The van der Waals surface area contributed by atoms with E-state index in [4.69, 9.17) is 0 Å². The zero-order chi connectivity index (χ0) is 11.2. The molecule has 2 nitrogen and oxygen atoms in total. The molecule has 5 heteroatoms. The normalized spacial score (nSPS) is 14.8. The number of halogens is 3. The van der Waals surface area contributed by atoms with Gasteiger partial charge in [0, 0.05) is 6.42 Å². The second-order valence-corrected chi connectivity index (χ2v) is 3.75. The average Bonchev–Trinajstić information content (AvgIpc) is 1.98. The molecule has 1 unspecified atom stereocenters. The van der Waals surface area contributed by atoms with Crippen LogP contribution >= 0.6 is 0 Å². The quantitative estimate of drug-likeness (QED) is 0.729. The van der Waals surface area contributed by atoms with Gasteiger partial charge >= 0.3 is 6.18 Å². The highest BCUT2D eigenvalue weighted by atomic mass is 19.4. The predicted molar refractivity (Wildman–Crippen MR) is 49.1 cm³/mol. The second-order valence-electron chi connectivity index (χ2n) is 3.75. The summed E-state index contributed by atoms with van der Waals surface area (Å²) in [6, 6.07) is 0. The molecule has 0 aliphatic rings. The van der Waals surface area contributed by atoms with Crippen molar-refractivity contribution in [3.63, 3.8) is 0 Å². The van der Waals surface area contributed by atoms with E-state index in [9.17, 15) is 18.3 Å². The molecule has 0 bridgehead atoms. The summed E-state index contributed by atoms with van der Waals surface area (Å²) in [7, 11) is 3.73. The minimum Gasteiger partial charge on any atom is -0.393 e. The van der Waals surface area contributed by atoms with Crippen LogP contribution in [-0.4, -0.2) is 42.9 Å². The molecule has 1 atom stereocenters. The van der Waals surface area contributed by atoms with E-state index in [0.717, 1.165) is 0 Å². The molecular weight excluding hydrogens is 195 g/mol. The Hall–Kier alpha value is -0.290. The zero-order valence-electron chi connectivity index (χ0n) is 8.64. The number of nitrogens with zero attached hydrogens (tertiary/aromatic N) is 1. The number of aliphatic hydroxyl groups excluding tert-OH is 1. The van der Waals surface area contributed by atoms with Crippen molar-refractivity contribution in [1.82, 2.24) is 4.90 Å². The maximum atomic E-state index is 11.7. The minimum atomic E-state index is -4.10. The maximum Gasteiger partial charge on any atom is 0.389 e. The van der Waals surface area contributed by atoms with Gasteiger partial charge in [0.1, 0.15) is 0 Å². The summed E-state index contributed by atoms with van der Waals surface area (Å²) in [4.78, 5) is 1.90. The molecule has 0 aromatic heterocycles. The van der Waals surface area contributed by atoms with Gasteiger partial charge in [-0.1, -0.05) is 0 Å². The zero-order valence-corrected chi connectivity index (χ0v) is 8.64. The highest BCUT2D eigenvalue weighted by Gasteiger charge is 2.26. The SMILES string of the molecule is CN(C)CCC(O)CCCC(F)(F)F. The Morgan fingerprint density at radius 2 is 1.79 bits per heavy atom. The molecule has 86 valence electrons. The van der Waals surface area contributed by atoms with E-state index in [-0.39, 0.29) is 12.8 Å². The molecule has 0 fully saturated rings. The van der Waals surface area contributed by atoms with Gasteiger partial charge < -0.3 is 10.0 Å². The molecule has 1 N–H and O–H groups in total. The molecule has 0 aromatic carbocycles. The van der Waals surface area contributed by atoms with Crippen LogP contribution in [-0.2, 0) is 0 Å². The van der Waals surface area contributed by atoms with Crippen molar-refractivity contribution in [2.45, 2.75) is 38.0 Å². The lowest BCUT2D eigenvalue weighted by molar-refractivity contribution is -0.136. The van der Waals surface area contributed by atoms with E-state index in [1.165, 1.54) is 0 Å². The third-order valence-corrected chi connectivity index (χ3v) is 1.91. The Bertz CT molecular complexity index is 147. The van der Waals surface area contributed by atoms with Gasteiger partial charge in [-0.15, -0.1) is 0 Å². The molecule has 0 aliphatic carbocycles. The summed E-state index contributed by atoms with van der Waals surface area (Å²) >= 11 is 0. The molecule has 0 aromatic rings. The average molecular weight is 213 g/mol. The largest absolute Gasteiger partial charge is 0.393 e. The topological polar surface area (TPSA) is 23.5 Å². The Morgan fingerprint density at radius 3 is 2.21 bits per heavy atom. The van der Waals surface area contributed by atoms with Gasteiger partial charge in [-0.2, -0.15) is 13.2 Å². The van der Waals surface area contributed by atoms with Crippen molar-refractivity contribution in [3.05, 3.63) is 0 Å². The lowest BCUT2D eigenvalue weighted by Gasteiger charge is -2.14. The molecule has 0 radical (unpaired) electrons. The Balaban J connectivity index is 3.40. The van der Waals surface area contributed by atoms with Crippen LogP contribution in [0.2, 0.25) is 0 Å². The van der Waals surface area contributed by atoms with Crippen molar-refractivity contribution >= 4 is 0 Å². The van der Waals surface area contributed by atoms with E-state index < -0.39 is 18.7 Å². The monoisotopic (exact) mass is 213 g/mol. The smallest absolute Gasteiger partial charge is 0.389 e. The number of aliphatic hydroxyl groups is 1. The van der Waals surface area contributed by atoms with Gasteiger partial charge in [0.05, 0.1) is 6.10 Å². The summed E-state index contributed by atoms with van der Waals surface area (Å²) < 4.78 is 35.2. The highest BCUT2D eigenvalue weighted by Crippen LogP contribution is 2.22. The third kappa shape index (κ3) is 9.80. The fraction of sp³-hybridized carbons (Fsp3) is 1.00. The van der Waals surface area contributed by atoms with Crippen LogP contribution in [0.3, 0.4) is 0 Å². The van der Waals surface area contributed by atoms with Crippen LogP contribution < -0.4 is 0 Å². The summed E-state index contributed by atoms with van der Waals surface area (Å²) in [5.74, 6) is 0. The Kier molecular flexibility index (Phi) is 6.11. The summed E-state index contributed by atoms with van der Waals surface area (Å²) in [5, 5.41) is 9.30. The fourth-order valence-corrected chi connectivity index (χ4v) is 1.09. The number of rotatable bonds is 6. The first-order valence-corrected chi connectivity index (χ1v) is 4.71. The maximum absolute atomic E-state index is 11.7. The van der Waals surface area contributed by atoms with Crippen LogP contribution in [0.1, 0.15) is 25.7 Å². The van der Waals surface area contributed by atoms with Gasteiger partial charge in [-0.25, -0.2) is 0 Å². The summed E-state index contributed by atoms with van der Waals surface area (Å²) in [5.41, 5.74) is 0. The van der Waals surface area contributed by atoms with Crippen molar-refractivity contribution in [2.24, 2.45) is 0 Å². The van der Waals surface area contributed by atoms with Gasteiger partial charge in [0.15, 0.2) is 0 Å². The molecule has 0 saturated heterocycles. The third-order valence-electron chi connectivity index (χ3n) is 1.91. The molecule has 0 spiro atoms. The molecule has 0 aliphatic heterocycles. The van der Waals surface area contributed by atoms with Crippen molar-refractivity contribution in [3.8, 4) is 0 Å². The van der Waals surface area contributed by atoms with Crippen LogP contribution in [0.15, 0.2) is 0 Å². The fourth-order valence-electron chi connectivity index (χ4n) is 1.09. The van der Waals surface area contributed by atoms with Gasteiger partial charge in [0.2, 0.25) is 0 Å². The molecule has 14 heavy (non-hydrogen) atoms. The standard InChI is InChI=1S/C9H18F3NO/c1-13(2)7-5-8(14)4-3-6-9(10,11)12/h8,14H,3-7H2,1-2H3. The van der Waals surface area contributed by atoms with Crippen molar-refractivity contribution in [2.75, 3.05) is 20.6 Å². The second kappa shape index (κ2) is 6.24. The summed E-state index contributed by atoms with van der Waals surface area (Å²) in [6.07, 6.45) is -4.73. The number of alkyl halides is 3. The Morgan fingerprint density at radius 1 is 1.21 bits per heavy atom. The van der Waals surface area contributed by atoms with Crippen molar-refractivity contribution < 1.29 is 18.3 Å². The lowest BCUT2D eigenvalue weighted by Crippen LogP contribution is -2.19. The first-order valence-electron chi connectivity index (χ1n) is 4.71. The van der Waals surface area contributed by atoms with Crippen LogP contribution in [0, 0.1) is 0 Å². The predicted octanol–water partition coefficient (Wildman–Crippen LogP) is 2.03. The van der Waals surface area contributed by atoms with Gasteiger partial charge in [0.25, 0.3) is 0 Å². The van der Waals surface area contributed by atoms with E-state index in [2.05, 4.69) is 0 Å².